The molecule has 0 amide bonds. The SMILES string of the molecule is CCC1CCC(N(C)S(=O)(=O)C(C)C#N)CC1. The first kappa shape index (κ1) is 14.5. The maximum Gasteiger partial charge on any atom is 0.230 e. The number of nitrogens with zero attached hydrogens (tertiary/aromatic N) is 2. The highest BCUT2D eigenvalue weighted by molar-refractivity contribution is 7.89. The summed E-state index contributed by atoms with van der Waals surface area (Å²) in [6.07, 6.45) is 5.22. The fraction of sp³-hybridized carbons (Fsp3) is 0.917. The zero-order chi connectivity index (χ0) is 13.1. The first-order valence-electron chi connectivity index (χ1n) is 6.30. The summed E-state index contributed by atoms with van der Waals surface area (Å²) in [7, 11) is -1.83. The number of nitriles is 1. The Morgan fingerprint density at radius 2 is 1.88 bits per heavy atom. The highest BCUT2D eigenvalue weighted by atomic mass is 32.2. The molecular formula is C12H22N2O2S. The second-order valence-electron chi connectivity index (χ2n) is 4.92. The standard InChI is InChI=1S/C12H22N2O2S/c1-4-11-5-7-12(8-6-11)14(3)17(15,16)10(2)9-13/h10-12H,4-8H2,1-3H3. The Labute approximate surface area is 105 Å². The Hall–Kier alpha value is -0.600. The minimum absolute atomic E-state index is 0.0820. The average molecular weight is 258 g/mol. The van der Waals surface area contributed by atoms with Crippen molar-refractivity contribution in [3.05, 3.63) is 0 Å². The molecule has 0 aromatic carbocycles. The molecule has 0 spiro atoms. The predicted octanol–water partition coefficient (Wildman–Crippen LogP) is 2.13. The van der Waals surface area contributed by atoms with Gasteiger partial charge in [-0.05, 0) is 38.5 Å². The van der Waals surface area contributed by atoms with E-state index in [1.165, 1.54) is 17.6 Å². The van der Waals surface area contributed by atoms with Crippen LogP contribution in [-0.2, 0) is 10.0 Å². The molecule has 1 aliphatic carbocycles. The molecule has 0 N–H and O–H groups in total. The number of sulfonamides is 1. The van der Waals surface area contributed by atoms with Crippen molar-refractivity contribution < 1.29 is 8.42 Å². The maximum atomic E-state index is 12.0. The van der Waals surface area contributed by atoms with Crippen LogP contribution >= 0.6 is 0 Å². The summed E-state index contributed by atoms with van der Waals surface area (Å²) in [6, 6.07) is 1.90. The van der Waals surface area contributed by atoms with Gasteiger partial charge in [-0.3, -0.25) is 0 Å². The maximum absolute atomic E-state index is 12.0. The van der Waals surface area contributed by atoms with Crippen molar-refractivity contribution in [3.63, 3.8) is 0 Å². The summed E-state index contributed by atoms with van der Waals surface area (Å²) in [6.45, 7) is 3.63. The molecule has 1 fully saturated rings. The second kappa shape index (κ2) is 5.83. The molecule has 5 heteroatoms. The van der Waals surface area contributed by atoms with E-state index < -0.39 is 15.3 Å². The van der Waals surface area contributed by atoms with E-state index in [4.69, 9.17) is 5.26 Å². The van der Waals surface area contributed by atoms with Crippen molar-refractivity contribution in [2.75, 3.05) is 7.05 Å². The molecule has 0 aliphatic heterocycles. The number of hydrogen-bond acceptors (Lipinski definition) is 3. The molecule has 0 bridgehead atoms. The van der Waals surface area contributed by atoms with E-state index in [-0.39, 0.29) is 6.04 Å². The molecule has 98 valence electrons. The fourth-order valence-electron chi connectivity index (χ4n) is 2.44. The normalized spacial score (nSPS) is 27.7. The molecule has 1 atom stereocenters. The lowest BCUT2D eigenvalue weighted by molar-refractivity contribution is 0.232. The summed E-state index contributed by atoms with van der Waals surface area (Å²) in [4.78, 5) is 0. The van der Waals surface area contributed by atoms with Crippen LogP contribution in [0.25, 0.3) is 0 Å². The molecule has 1 aliphatic rings. The first-order chi connectivity index (χ1) is 7.93. The Kier molecular flexibility index (Phi) is 4.96. The van der Waals surface area contributed by atoms with Gasteiger partial charge in [0.1, 0.15) is 0 Å². The zero-order valence-corrected chi connectivity index (χ0v) is 11.7. The van der Waals surface area contributed by atoms with Gasteiger partial charge in [0.2, 0.25) is 10.0 Å². The van der Waals surface area contributed by atoms with Gasteiger partial charge < -0.3 is 0 Å². The lowest BCUT2D eigenvalue weighted by atomic mass is 9.85. The third-order valence-corrected chi connectivity index (χ3v) is 6.04. The lowest BCUT2D eigenvalue weighted by Crippen LogP contribution is -2.43. The molecule has 0 aromatic rings. The van der Waals surface area contributed by atoms with E-state index in [0.29, 0.717) is 0 Å². The van der Waals surface area contributed by atoms with Crippen LogP contribution in [0.4, 0.5) is 0 Å². The molecule has 1 saturated carbocycles. The van der Waals surface area contributed by atoms with Gasteiger partial charge in [0.25, 0.3) is 0 Å². The number of rotatable bonds is 4. The summed E-state index contributed by atoms with van der Waals surface area (Å²) in [5.74, 6) is 0.746. The fourth-order valence-corrected chi connectivity index (χ4v) is 3.70. The van der Waals surface area contributed by atoms with Crippen molar-refractivity contribution in [1.82, 2.24) is 4.31 Å². The minimum Gasteiger partial charge on any atom is -0.211 e. The summed E-state index contributed by atoms with van der Waals surface area (Å²) in [5, 5.41) is 7.79. The average Bonchev–Trinajstić information content (AvgIpc) is 2.36. The van der Waals surface area contributed by atoms with Crippen LogP contribution in [0.15, 0.2) is 0 Å². The number of hydrogen-bond donors (Lipinski definition) is 0. The van der Waals surface area contributed by atoms with Crippen molar-refractivity contribution in [1.29, 1.82) is 5.26 Å². The first-order valence-corrected chi connectivity index (χ1v) is 7.80. The molecule has 17 heavy (non-hydrogen) atoms. The van der Waals surface area contributed by atoms with E-state index in [1.807, 2.05) is 6.07 Å². The summed E-state index contributed by atoms with van der Waals surface area (Å²) < 4.78 is 25.5. The molecular weight excluding hydrogens is 236 g/mol. The topological polar surface area (TPSA) is 61.2 Å². The Bertz CT molecular complexity index is 378. The molecule has 1 unspecified atom stereocenters. The molecule has 4 nitrogen and oxygen atoms in total. The van der Waals surface area contributed by atoms with Crippen LogP contribution in [0.1, 0.15) is 46.0 Å². The monoisotopic (exact) mass is 258 g/mol. The second-order valence-corrected chi connectivity index (χ2v) is 7.23. The molecule has 0 saturated heterocycles. The minimum atomic E-state index is -3.44. The highest BCUT2D eigenvalue weighted by Gasteiger charge is 2.33. The largest absolute Gasteiger partial charge is 0.230 e. The van der Waals surface area contributed by atoms with Crippen LogP contribution in [-0.4, -0.2) is 31.1 Å². The smallest absolute Gasteiger partial charge is 0.211 e. The predicted molar refractivity (Wildman–Crippen MR) is 67.8 cm³/mol. The van der Waals surface area contributed by atoms with Crippen LogP contribution in [0.5, 0.6) is 0 Å². The third kappa shape index (κ3) is 3.20. The van der Waals surface area contributed by atoms with Crippen molar-refractivity contribution in [3.8, 4) is 6.07 Å². The van der Waals surface area contributed by atoms with Gasteiger partial charge in [0.15, 0.2) is 5.25 Å². The van der Waals surface area contributed by atoms with Gasteiger partial charge in [0.05, 0.1) is 6.07 Å². The van der Waals surface area contributed by atoms with Gasteiger partial charge in [-0.25, -0.2) is 12.7 Å². The van der Waals surface area contributed by atoms with Gasteiger partial charge in [0, 0.05) is 13.1 Å². The van der Waals surface area contributed by atoms with E-state index in [0.717, 1.165) is 31.6 Å². The van der Waals surface area contributed by atoms with E-state index >= 15 is 0 Å². The van der Waals surface area contributed by atoms with E-state index in [9.17, 15) is 8.42 Å². The van der Waals surface area contributed by atoms with Crippen molar-refractivity contribution in [2.45, 2.75) is 57.2 Å². The van der Waals surface area contributed by atoms with Gasteiger partial charge in [-0.1, -0.05) is 13.3 Å². The van der Waals surface area contributed by atoms with Gasteiger partial charge in [-0.2, -0.15) is 5.26 Å². The van der Waals surface area contributed by atoms with Crippen LogP contribution < -0.4 is 0 Å². The van der Waals surface area contributed by atoms with Gasteiger partial charge >= 0.3 is 0 Å². The Balaban J connectivity index is 2.67. The van der Waals surface area contributed by atoms with Gasteiger partial charge in [-0.15, -0.1) is 0 Å². The van der Waals surface area contributed by atoms with E-state index in [2.05, 4.69) is 6.92 Å². The van der Waals surface area contributed by atoms with Crippen LogP contribution in [0.3, 0.4) is 0 Å². The summed E-state index contributed by atoms with van der Waals surface area (Å²) in [5.41, 5.74) is 0. The molecule has 0 aromatic heterocycles. The quantitative estimate of drug-likeness (QED) is 0.776. The van der Waals surface area contributed by atoms with E-state index in [1.54, 1.807) is 7.05 Å². The third-order valence-electron chi connectivity index (χ3n) is 3.94. The van der Waals surface area contributed by atoms with Crippen LogP contribution in [0, 0.1) is 17.2 Å². The molecule has 1 rings (SSSR count). The van der Waals surface area contributed by atoms with Crippen LogP contribution in [0.2, 0.25) is 0 Å². The summed E-state index contributed by atoms with van der Waals surface area (Å²) >= 11 is 0. The molecule has 0 radical (unpaired) electrons. The Morgan fingerprint density at radius 1 is 1.35 bits per heavy atom. The van der Waals surface area contributed by atoms with Crippen molar-refractivity contribution in [2.24, 2.45) is 5.92 Å². The molecule has 0 heterocycles. The Morgan fingerprint density at radius 3 is 2.29 bits per heavy atom. The van der Waals surface area contributed by atoms with Crippen molar-refractivity contribution >= 4 is 10.0 Å². The highest BCUT2D eigenvalue weighted by Crippen LogP contribution is 2.30. The zero-order valence-electron chi connectivity index (χ0n) is 10.9. The lowest BCUT2D eigenvalue weighted by Gasteiger charge is -2.34.